The van der Waals surface area contributed by atoms with E-state index in [-0.39, 0.29) is 31.2 Å². The Morgan fingerprint density at radius 2 is 2.17 bits per heavy atom. The number of amides is 1. The normalized spacial score (nSPS) is 19.8. The number of likely N-dealkylation sites (tertiary alicyclic amines) is 1. The number of aliphatic hydroxyl groups excluding tert-OH is 1. The summed E-state index contributed by atoms with van der Waals surface area (Å²) in [5.41, 5.74) is 0.753. The van der Waals surface area contributed by atoms with E-state index in [0.29, 0.717) is 24.6 Å². The van der Waals surface area contributed by atoms with Gasteiger partial charge < -0.3 is 14.5 Å². The van der Waals surface area contributed by atoms with Crippen LogP contribution in [0.5, 0.6) is 0 Å². The monoisotopic (exact) mass is 423 g/mol. The molecule has 0 bridgehead atoms. The van der Waals surface area contributed by atoms with Crippen LogP contribution in [0.15, 0.2) is 29.0 Å². The second-order valence-electron chi connectivity index (χ2n) is 7.29. The molecule has 0 saturated carbocycles. The molecule has 0 unspecified atom stereocenters. The molecule has 1 fully saturated rings. The number of carbonyl (C=O) groups is 1. The van der Waals surface area contributed by atoms with Crippen molar-refractivity contribution in [1.82, 2.24) is 24.3 Å². The molecule has 2 aromatic rings. The minimum Gasteiger partial charge on any atom is -0.391 e. The van der Waals surface area contributed by atoms with E-state index in [9.17, 15) is 18.3 Å². The Hall–Kier alpha value is -2.37. The van der Waals surface area contributed by atoms with Gasteiger partial charge in [0.15, 0.2) is 0 Å². The molecule has 0 spiro atoms. The van der Waals surface area contributed by atoms with Crippen molar-refractivity contribution in [3.05, 3.63) is 30.4 Å². The lowest BCUT2D eigenvalue weighted by molar-refractivity contribution is -0.130. The lowest BCUT2D eigenvalue weighted by Gasteiger charge is -2.18. The second-order valence-corrected chi connectivity index (χ2v) is 9.52. The van der Waals surface area contributed by atoms with Gasteiger partial charge in [-0.3, -0.25) is 9.78 Å². The summed E-state index contributed by atoms with van der Waals surface area (Å²) < 4.78 is 30.4. The van der Waals surface area contributed by atoms with Crippen LogP contribution in [-0.2, 0) is 21.2 Å². The van der Waals surface area contributed by atoms with E-state index in [1.54, 1.807) is 18.5 Å². The highest BCUT2D eigenvalue weighted by Crippen LogP contribution is 2.21. The average molecular weight is 423 g/mol. The average Bonchev–Trinajstić information content (AvgIpc) is 3.29. The van der Waals surface area contributed by atoms with Crippen LogP contribution in [0.3, 0.4) is 0 Å². The first-order chi connectivity index (χ1) is 13.8. The van der Waals surface area contributed by atoms with Crippen molar-refractivity contribution in [2.24, 2.45) is 5.92 Å². The Balaban J connectivity index is 1.47. The van der Waals surface area contributed by atoms with Crippen molar-refractivity contribution in [3.8, 4) is 11.4 Å². The molecule has 0 aromatic carbocycles. The number of nitrogens with zero attached hydrogens (tertiary/aromatic N) is 5. The molecule has 10 nitrogen and oxygen atoms in total. The number of β-amino-alcohol motifs (C(OH)–C–C–N with tert-alkyl or cyclic N) is 1. The summed E-state index contributed by atoms with van der Waals surface area (Å²) in [7, 11) is -0.524. The Morgan fingerprint density at radius 3 is 2.86 bits per heavy atom. The van der Waals surface area contributed by atoms with Crippen LogP contribution < -0.4 is 0 Å². The fourth-order valence-corrected chi connectivity index (χ4v) is 4.33. The summed E-state index contributed by atoms with van der Waals surface area (Å²) in [4.78, 5) is 22.3. The zero-order chi connectivity index (χ0) is 21.0. The minimum atomic E-state index is -3.43. The van der Waals surface area contributed by atoms with Crippen LogP contribution in [0.25, 0.3) is 11.4 Å². The lowest BCUT2D eigenvalue weighted by atomic mass is 10.1. The molecule has 0 radical (unpaired) electrons. The summed E-state index contributed by atoms with van der Waals surface area (Å²) in [6, 6.07) is 3.61. The molecule has 158 valence electrons. The first-order valence-corrected chi connectivity index (χ1v) is 11.0. The number of aliphatic hydroxyl groups is 1. The predicted octanol–water partition coefficient (Wildman–Crippen LogP) is 0.165. The number of hydrogen-bond acceptors (Lipinski definition) is 8. The van der Waals surface area contributed by atoms with Gasteiger partial charge in [0.2, 0.25) is 27.6 Å². The van der Waals surface area contributed by atoms with E-state index in [4.69, 9.17) is 4.52 Å². The third kappa shape index (κ3) is 5.37. The quantitative estimate of drug-likeness (QED) is 0.636. The number of rotatable bonds is 8. The Morgan fingerprint density at radius 1 is 1.38 bits per heavy atom. The largest absolute Gasteiger partial charge is 0.391 e. The summed E-state index contributed by atoms with van der Waals surface area (Å²) in [5.74, 6) is 0.106. The third-order valence-corrected chi connectivity index (χ3v) is 6.87. The van der Waals surface area contributed by atoms with Gasteiger partial charge >= 0.3 is 0 Å². The number of carbonyl (C=O) groups excluding carboxylic acids is 1. The van der Waals surface area contributed by atoms with Crippen molar-refractivity contribution >= 4 is 15.9 Å². The van der Waals surface area contributed by atoms with Gasteiger partial charge in [0.05, 0.1) is 11.9 Å². The fraction of sp³-hybridized carbons (Fsp3) is 0.556. The molecule has 1 amide bonds. The molecule has 3 rings (SSSR count). The first-order valence-electron chi connectivity index (χ1n) is 9.35. The minimum absolute atomic E-state index is 0.124. The van der Waals surface area contributed by atoms with Gasteiger partial charge in [-0.2, -0.15) is 4.98 Å². The van der Waals surface area contributed by atoms with Gasteiger partial charge in [0.25, 0.3) is 0 Å². The number of aryl methyl sites for hydroxylation is 1. The maximum atomic E-state index is 12.4. The van der Waals surface area contributed by atoms with Gasteiger partial charge in [0, 0.05) is 63.9 Å². The summed E-state index contributed by atoms with van der Waals surface area (Å²) in [6.45, 7) is 0.386. The fourth-order valence-electron chi connectivity index (χ4n) is 3.16. The SMILES string of the molecule is CN(C)S(=O)(=O)C[C@@H]1CN(C(=O)CCCc2nc(-c3cccnc3)no2)C[C@@H]1O. The van der Waals surface area contributed by atoms with Crippen LogP contribution in [0, 0.1) is 5.92 Å². The van der Waals surface area contributed by atoms with E-state index in [2.05, 4.69) is 15.1 Å². The molecule has 11 heteroatoms. The molecule has 0 aliphatic carbocycles. The molecule has 1 saturated heterocycles. The van der Waals surface area contributed by atoms with E-state index in [1.165, 1.54) is 19.0 Å². The zero-order valence-corrected chi connectivity index (χ0v) is 17.2. The molecule has 2 atom stereocenters. The molecule has 29 heavy (non-hydrogen) atoms. The lowest BCUT2D eigenvalue weighted by Crippen LogP contribution is -2.33. The first kappa shape index (κ1) is 21.3. The Bertz CT molecular complexity index is 931. The van der Waals surface area contributed by atoms with Crippen LogP contribution in [0.2, 0.25) is 0 Å². The third-order valence-electron chi connectivity index (χ3n) is 4.91. The highest BCUT2D eigenvalue weighted by Gasteiger charge is 2.37. The van der Waals surface area contributed by atoms with Gasteiger partial charge in [-0.05, 0) is 18.6 Å². The smallest absolute Gasteiger partial charge is 0.226 e. The van der Waals surface area contributed by atoms with E-state index < -0.39 is 22.0 Å². The summed E-state index contributed by atoms with van der Waals surface area (Å²) in [6.07, 6.45) is 3.68. The molecule has 2 aromatic heterocycles. The molecule has 1 aliphatic rings. The molecule has 1 aliphatic heterocycles. The van der Waals surface area contributed by atoms with Gasteiger partial charge in [0.1, 0.15) is 0 Å². The standard InChI is InChI=1S/C18H25N5O5S/c1-22(2)29(26,27)12-14-10-23(11-15(14)24)17(25)7-3-6-16-20-18(21-28-16)13-5-4-8-19-9-13/h4-5,8-9,14-15,24H,3,6-7,10-12H2,1-2H3/t14-,15-/m0/s1. The summed E-state index contributed by atoms with van der Waals surface area (Å²) in [5, 5.41) is 14.1. The van der Waals surface area contributed by atoms with Crippen LogP contribution in [0.4, 0.5) is 0 Å². The highest BCUT2D eigenvalue weighted by molar-refractivity contribution is 7.89. The zero-order valence-electron chi connectivity index (χ0n) is 16.4. The van der Waals surface area contributed by atoms with Crippen LogP contribution in [0.1, 0.15) is 18.7 Å². The predicted molar refractivity (Wildman–Crippen MR) is 104 cm³/mol. The van der Waals surface area contributed by atoms with Crippen molar-refractivity contribution in [2.45, 2.75) is 25.4 Å². The van der Waals surface area contributed by atoms with Crippen molar-refractivity contribution < 1.29 is 22.8 Å². The van der Waals surface area contributed by atoms with Crippen molar-refractivity contribution in [1.29, 1.82) is 0 Å². The van der Waals surface area contributed by atoms with E-state index in [1.807, 2.05) is 6.07 Å². The highest BCUT2D eigenvalue weighted by atomic mass is 32.2. The van der Waals surface area contributed by atoms with Crippen LogP contribution in [-0.4, -0.2) is 82.8 Å². The van der Waals surface area contributed by atoms with Crippen LogP contribution >= 0.6 is 0 Å². The number of aromatic nitrogens is 3. The maximum Gasteiger partial charge on any atom is 0.226 e. The van der Waals surface area contributed by atoms with E-state index >= 15 is 0 Å². The molecule has 3 heterocycles. The topological polar surface area (TPSA) is 130 Å². The number of pyridine rings is 1. The van der Waals surface area contributed by atoms with Gasteiger partial charge in [-0.1, -0.05) is 5.16 Å². The number of hydrogen-bond donors (Lipinski definition) is 1. The van der Waals surface area contributed by atoms with Gasteiger partial charge in [-0.25, -0.2) is 12.7 Å². The van der Waals surface area contributed by atoms with Gasteiger partial charge in [-0.15, -0.1) is 0 Å². The Kier molecular flexibility index (Phi) is 6.60. The number of sulfonamides is 1. The molecular formula is C18H25N5O5S. The molecule has 1 N–H and O–H groups in total. The Labute approximate surface area is 169 Å². The maximum absolute atomic E-state index is 12.4. The van der Waals surface area contributed by atoms with E-state index in [0.717, 1.165) is 9.87 Å². The summed E-state index contributed by atoms with van der Waals surface area (Å²) >= 11 is 0. The second kappa shape index (κ2) is 8.97. The molecular weight excluding hydrogens is 398 g/mol. The van der Waals surface area contributed by atoms with Crippen molar-refractivity contribution in [2.75, 3.05) is 32.9 Å². The van der Waals surface area contributed by atoms with Crippen molar-refractivity contribution in [3.63, 3.8) is 0 Å².